The van der Waals surface area contributed by atoms with Crippen molar-refractivity contribution in [2.45, 2.75) is 20.5 Å². The number of carbonyl (C=O) groups is 1. The van der Waals surface area contributed by atoms with Crippen molar-refractivity contribution in [1.82, 2.24) is 19.6 Å². The molecule has 0 unspecified atom stereocenters. The van der Waals surface area contributed by atoms with Crippen LogP contribution in [0.2, 0.25) is 0 Å². The number of benzene rings is 1. The summed E-state index contributed by atoms with van der Waals surface area (Å²) in [6, 6.07) is 13.6. The number of pyridine rings is 1. The number of rotatable bonds is 4. The minimum Gasteiger partial charge on any atom is -0.454 e. The van der Waals surface area contributed by atoms with Gasteiger partial charge in [-0.1, -0.05) is 35.9 Å². The molecular formula is C20H18N4O2. The van der Waals surface area contributed by atoms with Crippen LogP contribution in [0.4, 0.5) is 0 Å². The van der Waals surface area contributed by atoms with Gasteiger partial charge in [0.15, 0.2) is 0 Å². The number of hydrogen-bond acceptors (Lipinski definition) is 4. The lowest BCUT2D eigenvalue weighted by Gasteiger charge is -1.99. The van der Waals surface area contributed by atoms with Crippen LogP contribution < -0.4 is 0 Å². The first kappa shape index (κ1) is 16.1. The van der Waals surface area contributed by atoms with Crippen LogP contribution in [0.1, 0.15) is 27.3 Å². The van der Waals surface area contributed by atoms with Crippen molar-refractivity contribution in [3.05, 3.63) is 77.4 Å². The molecule has 0 saturated carbocycles. The highest BCUT2D eigenvalue weighted by atomic mass is 16.5. The van der Waals surface area contributed by atoms with E-state index >= 15 is 0 Å². The van der Waals surface area contributed by atoms with E-state index in [1.807, 2.05) is 67.0 Å². The van der Waals surface area contributed by atoms with E-state index in [9.17, 15) is 4.79 Å². The quantitative estimate of drug-likeness (QED) is 0.572. The van der Waals surface area contributed by atoms with E-state index in [4.69, 9.17) is 4.74 Å². The molecule has 0 aliphatic heterocycles. The summed E-state index contributed by atoms with van der Waals surface area (Å²) in [5.74, 6) is -0.455. The predicted molar refractivity (Wildman–Crippen MR) is 97.8 cm³/mol. The number of esters is 1. The van der Waals surface area contributed by atoms with Crippen molar-refractivity contribution in [3.8, 4) is 11.3 Å². The Balaban J connectivity index is 1.45. The number of fused-ring (bicyclic) bond motifs is 1. The van der Waals surface area contributed by atoms with E-state index in [1.165, 1.54) is 5.56 Å². The van der Waals surface area contributed by atoms with Gasteiger partial charge in [-0.25, -0.2) is 9.78 Å². The average Bonchev–Trinajstić information content (AvgIpc) is 3.27. The monoisotopic (exact) mass is 346 g/mol. The van der Waals surface area contributed by atoms with Gasteiger partial charge in [0.1, 0.15) is 17.9 Å². The second kappa shape index (κ2) is 6.48. The lowest BCUT2D eigenvalue weighted by Crippen LogP contribution is -2.05. The number of nitrogens with one attached hydrogen (secondary N) is 1. The molecule has 0 amide bonds. The molecule has 0 bridgehead atoms. The first-order chi connectivity index (χ1) is 12.6. The highest BCUT2D eigenvalue weighted by Gasteiger charge is 2.13. The maximum absolute atomic E-state index is 12.3. The molecule has 0 spiro atoms. The number of nitrogens with zero attached hydrogens (tertiary/aromatic N) is 3. The van der Waals surface area contributed by atoms with Crippen molar-refractivity contribution in [1.29, 1.82) is 0 Å². The third-order valence-corrected chi connectivity index (χ3v) is 4.15. The largest absolute Gasteiger partial charge is 0.454 e. The van der Waals surface area contributed by atoms with Gasteiger partial charge in [0.05, 0.1) is 11.4 Å². The predicted octanol–water partition coefficient (Wildman–Crippen LogP) is 3.70. The van der Waals surface area contributed by atoms with Gasteiger partial charge in [-0.05, 0) is 31.5 Å². The highest BCUT2D eigenvalue weighted by Crippen LogP contribution is 2.18. The maximum Gasteiger partial charge on any atom is 0.356 e. The number of aromatic nitrogens is 4. The number of H-pyrrole nitrogens is 1. The van der Waals surface area contributed by atoms with E-state index < -0.39 is 5.97 Å². The zero-order chi connectivity index (χ0) is 18.1. The van der Waals surface area contributed by atoms with Crippen LogP contribution >= 0.6 is 0 Å². The van der Waals surface area contributed by atoms with Gasteiger partial charge >= 0.3 is 5.97 Å². The average molecular weight is 346 g/mol. The smallest absolute Gasteiger partial charge is 0.356 e. The van der Waals surface area contributed by atoms with E-state index in [-0.39, 0.29) is 6.61 Å². The Kier molecular flexibility index (Phi) is 4.01. The van der Waals surface area contributed by atoms with Gasteiger partial charge in [0, 0.05) is 18.0 Å². The van der Waals surface area contributed by atoms with Gasteiger partial charge in [0.25, 0.3) is 0 Å². The Morgan fingerprint density at radius 1 is 1.08 bits per heavy atom. The number of carbonyl (C=O) groups excluding carboxylic acids is 1. The van der Waals surface area contributed by atoms with Crippen molar-refractivity contribution in [3.63, 3.8) is 0 Å². The molecule has 0 aliphatic carbocycles. The Labute approximate surface area is 150 Å². The SMILES string of the molecule is Cc1ccc(-c2cc(C(=O)OCc3cn4cc(C)ccc4n3)[nH]n2)cc1. The molecule has 130 valence electrons. The number of ether oxygens (including phenoxy) is 1. The minimum absolute atomic E-state index is 0.110. The maximum atomic E-state index is 12.3. The summed E-state index contributed by atoms with van der Waals surface area (Å²) in [4.78, 5) is 16.7. The fourth-order valence-electron chi connectivity index (χ4n) is 2.74. The van der Waals surface area contributed by atoms with Gasteiger partial charge in [-0.2, -0.15) is 5.10 Å². The molecule has 6 heteroatoms. The van der Waals surface area contributed by atoms with Gasteiger partial charge in [-0.3, -0.25) is 5.10 Å². The number of aryl methyl sites for hydroxylation is 2. The topological polar surface area (TPSA) is 72.3 Å². The Bertz CT molecular complexity index is 1080. The standard InChI is InChI=1S/C20H18N4O2/c1-13-3-6-15(7-4-13)17-9-18(23-22-17)20(25)26-12-16-11-24-10-14(2)5-8-19(24)21-16/h3-11H,12H2,1-2H3,(H,22,23). The van der Waals surface area contributed by atoms with E-state index in [0.717, 1.165) is 16.8 Å². The second-order valence-corrected chi connectivity index (χ2v) is 6.31. The highest BCUT2D eigenvalue weighted by molar-refractivity contribution is 5.88. The minimum atomic E-state index is -0.455. The molecule has 26 heavy (non-hydrogen) atoms. The van der Waals surface area contributed by atoms with E-state index in [1.54, 1.807) is 6.07 Å². The summed E-state index contributed by atoms with van der Waals surface area (Å²) in [6.45, 7) is 4.15. The normalized spacial score (nSPS) is 11.0. The van der Waals surface area contributed by atoms with Gasteiger partial charge in [0.2, 0.25) is 0 Å². The zero-order valence-electron chi connectivity index (χ0n) is 14.6. The lowest BCUT2D eigenvalue weighted by atomic mass is 10.1. The summed E-state index contributed by atoms with van der Waals surface area (Å²) in [6.07, 6.45) is 3.84. The van der Waals surface area contributed by atoms with Gasteiger partial charge in [-0.15, -0.1) is 0 Å². The molecule has 3 heterocycles. The van der Waals surface area contributed by atoms with Crippen LogP contribution in [0.3, 0.4) is 0 Å². The molecule has 0 fully saturated rings. The van der Waals surface area contributed by atoms with Crippen LogP contribution in [0.25, 0.3) is 16.9 Å². The number of hydrogen-bond donors (Lipinski definition) is 1. The Hall–Kier alpha value is -3.41. The van der Waals surface area contributed by atoms with Gasteiger partial charge < -0.3 is 9.14 Å². The van der Waals surface area contributed by atoms with E-state index in [2.05, 4.69) is 15.2 Å². The Morgan fingerprint density at radius 2 is 1.85 bits per heavy atom. The van der Waals surface area contributed by atoms with Crippen molar-refractivity contribution in [2.75, 3.05) is 0 Å². The summed E-state index contributed by atoms with van der Waals surface area (Å²) in [7, 11) is 0. The molecule has 4 aromatic rings. The van der Waals surface area contributed by atoms with Crippen LogP contribution in [0, 0.1) is 13.8 Å². The van der Waals surface area contributed by atoms with Crippen molar-refractivity contribution >= 4 is 11.6 Å². The summed E-state index contributed by atoms with van der Waals surface area (Å²) in [5, 5.41) is 6.93. The molecule has 0 radical (unpaired) electrons. The van der Waals surface area contributed by atoms with Crippen LogP contribution in [0.5, 0.6) is 0 Å². The van der Waals surface area contributed by atoms with Crippen molar-refractivity contribution in [2.24, 2.45) is 0 Å². The summed E-state index contributed by atoms with van der Waals surface area (Å²) in [5.41, 5.74) is 5.81. The third-order valence-electron chi connectivity index (χ3n) is 4.15. The van der Waals surface area contributed by atoms with Crippen molar-refractivity contribution < 1.29 is 9.53 Å². The first-order valence-electron chi connectivity index (χ1n) is 8.32. The molecule has 3 aromatic heterocycles. The molecule has 0 aliphatic rings. The molecular weight excluding hydrogens is 328 g/mol. The first-order valence-corrected chi connectivity index (χ1v) is 8.32. The number of aromatic amines is 1. The summed E-state index contributed by atoms with van der Waals surface area (Å²) < 4.78 is 7.28. The van der Waals surface area contributed by atoms with Crippen LogP contribution in [0.15, 0.2) is 54.9 Å². The number of imidazole rings is 1. The third kappa shape index (κ3) is 3.21. The molecule has 0 saturated heterocycles. The molecule has 1 N–H and O–H groups in total. The summed E-state index contributed by atoms with van der Waals surface area (Å²) >= 11 is 0. The van der Waals surface area contributed by atoms with Crippen LogP contribution in [-0.4, -0.2) is 25.6 Å². The molecule has 6 nitrogen and oxygen atoms in total. The van der Waals surface area contributed by atoms with Crippen LogP contribution in [-0.2, 0) is 11.3 Å². The Morgan fingerprint density at radius 3 is 2.65 bits per heavy atom. The van der Waals surface area contributed by atoms with E-state index in [0.29, 0.717) is 17.1 Å². The lowest BCUT2D eigenvalue weighted by molar-refractivity contribution is 0.0461. The molecule has 4 rings (SSSR count). The fraction of sp³-hybridized carbons (Fsp3) is 0.150. The zero-order valence-corrected chi connectivity index (χ0v) is 14.6. The fourth-order valence-corrected chi connectivity index (χ4v) is 2.74. The molecule has 0 atom stereocenters. The molecule has 1 aromatic carbocycles. The second-order valence-electron chi connectivity index (χ2n) is 6.31.